The Hall–Kier alpha value is -0.250. The van der Waals surface area contributed by atoms with E-state index in [0.29, 0.717) is 6.42 Å². The van der Waals surface area contributed by atoms with Crippen molar-refractivity contribution >= 4 is 0 Å². The summed E-state index contributed by atoms with van der Waals surface area (Å²) in [6.45, 7) is 7.03. The maximum atomic E-state index is 12.8. The zero-order chi connectivity index (χ0) is 14.2. The molecule has 4 heteroatoms. The molecule has 1 nitrogen and oxygen atoms in total. The maximum absolute atomic E-state index is 12.8. The van der Waals surface area contributed by atoms with Crippen LogP contribution in [0.3, 0.4) is 0 Å². The van der Waals surface area contributed by atoms with Gasteiger partial charge in [0.05, 0.1) is 0 Å². The van der Waals surface area contributed by atoms with Crippen molar-refractivity contribution in [3.8, 4) is 0 Å². The third-order valence-electron chi connectivity index (χ3n) is 2.87. The molecule has 0 aliphatic heterocycles. The van der Waals surface area contributed by atoms with Crippen molar-refractivity contribution in [1.29, 1.82) is 0 Å². The van der Waals surface area contributed by atoms with Crippen LogP contribution in [-0.2, 0) is 4.74 Å². The van der Waals surface area contributed by atoms with Crippen molar-refractivity contribution in [2.45, 2.75) is 78.5 Å². The van der Waals surface area contributed by atoms with Crippen molar-refractivity contribution in [2.75, 3.05) is 6.61 Å². The first kappa shape index (κ1) is 17.8. The fourth-order valence-electron chi connectivity index (χ4n) is 1.92. The number of ether oxygens (including phenoxy) is 1. The van der Waals surface area contributed by atoms with Gasteiger partial charge in [0.25, 0.3) is 0 Å². The molecule has 0 aromatic rings. The summed E-state index contributed by atoms with van der Waals surface area (Å²) in [5.74, 6) is 0. The van der Waals surface area contributed by atoms with Gasteiger partial charge in [-0.05, 0) is 11.8 Å². The predicted molar refractivity (Wildman–Crippen MR) is 68.6 cm³/mol. The van der Waals surface area contributed by atoms with Gasteiger partial charge in [-0.25, -0.2) is 0 Å². The third-order valence-corrected chi connectivity index (χ3v) is 2.87. The molecule has 0 unspecified atom stereocenters. The lowest BCUT2D eigenvalue weighted by Crippen LogP contribution is -2.42. The van der Waals surface area contributed by atoms with E-state index in [2.05, 4.69) is 6.92 Å². The molecular weight excluding hydrogens is 241 g/mol. The lowest BCUT2D eigenvalue weighted by Gasteiger charge is -2.32. The molecule has 0 aliphatic rings. The third kappa shape index (κ3) is 7.96. The Morgan fingerprint density at radius 1 is 0.889 bits per heavy atom. The molecule has 0 rings (SSSR count). The van der Waals surface area contributed by atoms with E-state index in [-0.39, 0.29) is 6.61 Å². The Bertz CT molecular complexity index is 192. The minimum absolute atomic E-state index is 0.202. The van der Waals surface area contributed by atoms with E-state index >= 15 is 0 Å². The number of hydrogen-bond acceptors (Lipinski definition) is 1. The largest absolute Gasteiger partial charge is 0.415 e. The SMILES string of the molecule is CCCCCCCCO[C@@H](C(C)(C)C)C(F)(F)F. The van der Waals surface area contributed by atoms with Crippen LogP contribution in [0.5, 0.6) is 0 Å². The molecule has 1 atom stereocenters. The second kappa shape index (κ2) is 8.03. The summed E-state index contributed by atoms with van der Waals surface area (Å²) in [5.41, 5.74) is -0.902. The van der Waals surface area contributed by atoms with Crippen molar-refractivity contribution in [2.24, 2.45) is 5.41 Å². The number of rotatable bonds is 8. The summed E-state index contributed by atoms with van der Waals surface area (Å²) >= 11 is 0. The van der Waals surface area contributed by atoms with Crippen LogP contribution in [-0.4, -0.2) is 18.9 Å². The highest BCUT2D eigenvalue weighted by atomic mass is 19.4. The van der Waals surface area contributed by atoms with Gasteiger partial charge in [-0.3, -0.25) is 0 Å². The number of unbranched alkanes of at least 4 members (excludes halogenated alkanes) is 5. The number of hydrogen-bond donors (Lipinski definition) is 0. The van der Waals surface area contributed by atoms with Gasteiger partial charge >= 0.3 is 6.18 Å². The summed E-state index contributed by atoms with van der Waals surface area (Å²) in [6, 6.07) is 0. The summed E-state index contributed by atoms with van der Waals surface area (Å²) in [7, 11) is 0. The van der Waals surface area contributed by atoms with Gasteiger partial charge in [0.2, 0.25) is 0 Å². The zero-order valence-corrected chi connectivity index (χ0v) is 12.1. The Balaban J connectivity index is 3.86. The van der Waals surface area contributed by atoms with E-state index in [1.807, 2.05) is 0 Å². The van der Waals surface area contributed by atoms with Crippen LogP contribution < -0.4 is 0 Å². The van der Waals surface area contributed by atoms with Gasteiger partial charge in [-0.15, -0.1) is 0 Å². The van der Waals surface area contributed by atoms with Crippen LogP contribution in [0.2, 0.25) is 0 Å². The topological polar surface area (TPSA) is 9.23 Å². The highest BCUT2D eigenvalue weighted by Gasteiger charge is 2.47. The zero-order valence-electron chi connectivity index (χ0n) is 12.1. The summed E-state index contributed by atoms with van der Waals surface area (Å²) in [6.07, 6.45) is 0.356. The molecule has 110 valence electrons. The molecule has 0 saturated carbocycles. The molecular formula is C14H27F3O. The van der Waals surface area contributed by atoms with E-state index in [1.165, 1.54) is 19.3 Å². The average Bonchev–Trinajstić information content (AvgIpc) is 2.18. The molecule has 0 fully saturated rings. The summed E-state index contributed by atoms with van der Waals surface area (Å²) < 4.78 is 43.4. The van der Waals surface area contributed by atoms with Crippen LogP contribution in [0.1, 0.15) is 66.2 Å². The Labute approximate surface area is 109 Å². The second-order valence-corrected chi connectivity index (χ2v) is 5.93. The van der Waals surface area contributed by atoms with Crippen LogP contribution >= 0.6 is 0 Å². The normalized spacial score (nSPS) is 14.8. The van der Waals surface area contributed by atoms with Crippen molar-refractivity contribution < 1.29 is 17.9 Å². The fraction of sp³-hybridized carbons (Fsp3) is 1.00. The quantitative estimate of drug-likeness (QED) is 0.540. The van der Waals surface area contributed by atoms with E-state index in [4.69, 9.17) is 4.74 Å². The molecule has 0 spiro atoms. The van der Waals surface area contributed by atoms with Gasteiger partial charge in [-0.2, -0.15) is 13.2 Å². The average molecular weight is 268 g/mol. The van der Waals surface area contributed by atoms with Crippen LogP contribution in [0.25, 0.3) is 0 Å². The fourth-order valence-corrected chi connectivity index (χ4v) is 1.92. The van der Waals surface area contributed by atoms with Gasteiger partial charge < -0.3 is 4.74 Å². The molecule has 0 radical (unpaired) electrons. The lowest BCUT2D eigenvalue weighted by atomic mass is 9.88. The van der Waals surface area contributed by atoms with Gasteiger partial charge in [0.15, 0.2) is 6.10 Å². The monoisotopic (exact) mass is 268 g/mol. The van der Waals surface area contributed by atoms with Crippen LogP contribution in [0.4, 0.5) is 13.2 Å². The van der Waals surface area contributed by atoms with Crippen molar-refractivity contribution in [3.05, 3.63) is 0 Å². The molecule has 0 aliphatic carbocycles. The lowest BCUT2D eigenvalue weighted by molar-refractivity contribution is -0.248. The molecule has 0 aromatic carbocycles. The van der Waals surface area contributed by atoms with Crippen molar-refractivity contribution in [1.82, 2.24) is 0 Å². The number of alkyl halides is 3. The van der Waals surface area contributed by atoms with Gasteiger partial charge in [0, 0.05) is 6.61 Å². The smallest absolute Gasteiger partial charge is 0.368 e. The highest BCUT2D eigenvalue weighted by Crippen LogP contribution is 2.35. The molecule has 0 aromatic heterocycles. The minimum atomic E-state index is -4.28. The molecule has 0 N–H and O–H groups in total. The molecule has 0 heterocycles. The summed E-state index contributed by atoms with van der Waals surface area (Å²) in [4.78, 5) is 0. The van der Waals surface area contributed by atoms with E-state index in [9.17, 15) is 13.2 Å². The Morgan fingerprint density at radius 3 is 1.83 bits per heavy atom. The van der Waals surface area contributed by atoms with Gasteiger partial charge in [0.1, 0.15) is 0 Å². The molecule has 0 saturated heterocycles. The van der Waals surface area contributed by atoms with E-state index in [1.54, 1.807) is 20.8 Å². The summed E-state index contributed by atoms with van der Waals surface area (Å²) in [5, 5.41) is 0. The van der Waals surface area contributed by atoms with Crippen molar-refractivity contribution in [3.63, 3.8) is 0 Å². The second-order valence-electron chi connectivity index (χ2n) is 5.93. The first-order valence-electron chi connectivity index (χ1n) is 6.88. The van der Waals surface area contributed by atoms with Crippen LogP contribution in [0.15, 0.2) is 0 Å². The van der Waals surface area contributed by atoms with E-state index in [0.717, 1.165) is 12.8 Å². The predicted octanol–water partition coefficient (Wildman–Crippen LogP) is 5.34. The van der Waals surface area contributed by atoms with Gasteiger partial charge in [-0.1, -0.05) is 59.8 Å². The standard InChI is InChI=1S/C14H27F3O/c1-5-6-7-8-9-10-11-18-12(13(2,3)4)14(15,16)17/h12H,5-11H2,1-4H3/t12-/m0/s1. The minimum Gasteiger partial charge on any atom is -0.368 e. The first-order valence-corrected chi connectivity index (χ1v) is 6.88. The van der Waals surface area contributed by atoms with E-state index < -0.39 is 17.7 Å². The Kier molecular flexibility index (Phi) is 7.92. The van der Waals surface area contributed by atoms with Crippen LogP contribution in [0, 0.1) is 5.41 Å². The highest BCUT2D eigenvalue weighted by molar-refractivity contribution is 4.81. The first-order chi connectivity index (χ1) is 8.19. The maximum Gasteiger partial charge on any atom is 0.415 e. The Morgan fingerprint density at radius 2 is 1.39 bits per heavy atom. The molecule has 0 bridgehead atoms. The number of halogens is 3. The molecule has 18 heavy (non-hydrogen) atoms. The molecule has 0 amide bonds.